The molecule has 5 rings (SSSR count). The van der Waals surface area contributed by atoms with Crippen LogP contribution in [0.4, 0.5) is 0 Å². The molecule has 5 aliphatic heterocycles. The molecular weight excluding hydrogens is 530 g/mol. The SMILES string of the molecule is CC(C)(C)N1CCC1.CC(C)C1CCNCC1.CC(C)N1CCCC1.CC(C)N1CCCCC1.CC(C)N1CCOCC1. The van der Waals surface area contributed by atoms with Gasteiger partial charge in [0.25, 0.3) is 0 Å². The third-order valence-electron chi connectivity index (χ3n) is 9.90. The minimum atomic E-state index is 0.429. The first kappa shape index (κ1) is 40.8. The monoisotopic (exact) mass is 610 g/mol. The van der Waals surface area contributed by atoms with Gasteiger partial charge in [-0.25, -0.2) is 0 Å². The van der Waals surface area contributed by atoms with Gasteiger partial charge in [0, 0.05) is 36.8 Å². The van der Waals surface area contributed by atoms with Crippen molar-refractivity contribution in [3.05, 3.63) is 0 Å². The number of nitrogens with one attached hydrogen (secondary N) is 1. The van der Waals surface area contributed by atoms with Gasteiger partial charge in [-0.15, -0.1) is 0 Å². The summed E-state index contributed by atoms with van der Waals surface area (Å²) in [6.45, 7) is 39.5. The van der Waals surface area contributed by atoms with E-state index in [4.69, 9.17) is 4.74 Å². The van der Waals surface area contributed by atoms with Crippen LogP contribution in [0.2, 0.25) is 0 Å². The molecule has 5 saturated heterocycles. The summed E-state index contributed by atoms with van der Waals surface area (Å²) in [4.78, 5) is 10.0. The minimum Gasteiger partial charge on any atom is -0.379 e. The Balaban J connectivity index is 0.000000269. The van der Waals surface area contributed by atoms with Crippen molar-refractivity contribution < 1.29 is 4.74 Å². The van der Waals surface area contributed by atoms with E-state index in [9.17, 15) is 0 Å². The van der Waals surface area contributed by atoms with Crippen LogP contribution in [0.5, 0.6) is 0 Å². The summed E-state index contributed by atoms with van der Waals surface area (Å²) in [6, 6.07) is 2.23. The first-order valence-corrected chi connectivity index (χ1v) is 18.6. The van der Waals surface area contributed by atoms with Gasteiger partial charge in [-0.3, -0.25) is 9.80 Å². The number of hydrogen-bond acceptors (Lipinski definition) is 6. The van der Waals surface area contributed by atoms with E-state index in [2.05, 4.69) is 101 Å². The zero-order valence-electron chi connectivity index (χ0n) is 31.2. The van der Waals surface area contributed by atoms with Gasteiger partial charge in [0.05, 0.1) is 13.2 Å². The molecule has 5 fully saturated rings. The van der Waals surface area contributed by atoms with Gasteiger partial charge in [-0.2, -0.15) is 0 Å². The highest BCUT2D eigenvalue weighted by Crippen LogP contribution is 2.20. The van der Waals surface area contributed by atoms with Crippen molar-refractivity contribution in [1.82, 2.24) is 24.9 Å². The average molecular weight is 610 g/mol. The molecule has 0 saturated carbocycles. The average Bonchev–Trinajstić information content (AvgIpc) is 3.50. The van der Waals surface area contributed by atoms with E-state index in [-0.39, 0.29) is 0 Å². The highest BCUT2D eigenvalue weighted by Gasteiger charge is 2.25. The quantitative estimate of drug-likeness (QED) is 0.362. The number of nitrogens with zero attached hydrogens (tertiary/aromatic N) is 4. The van der Waals surface area contributed by atoms with Crippen LogP contribution in [-0.2, 0) is 4.74 Å². The van der Waals surface area contributed by atoms with Gasteiger partial charge in [-0.05, 0) is 171 Å². The lowest BCUT2D eigenvalue weighted by atomic mass is 9.87. The predicted molar refractivity (Wildman–Crippen MR) is 190 cm³/mol. The summed E-state index contributed by atoms with van der Waals surface area (Å²) in [5.41, 5.74) is 0.429. The van der Waals surface area contributed by atoms with Gasteiger partial charge in [-0.1, -0.05) is 20.3 Å². The summed E-state index contributed by atoms with van der Waals surface area (Å²) in [6.07, 6.45) is 11.3. The van der Waals surface area contributed by atoms with Crippen molar-refractivity contribution in [2.75, 3.05) is 78.7 Å². The summed E-state index contributed by atoms with van der Waals surface area (Å²) >= 11 is 0. The molecule has 0 radical (unpaired) electrons. The third kappa shape index (κ3) is 19.1. The van der Waals surface area contributed by atoms with Gasteiger partial charge in [0.2, 0.25) is 0 Å². The van der Waals surface area contributed by atoms with E-state index < -0.39 is 0 Å². The fourth-order valence-electron chi connectivity index (χ4n) is 6.28. The highest BCUT2D eigenvalue weighted by atomic mass is 16.5. The molecule has 1 N–H and O–H groups in total. The molecule has 0 aromatic carbocycles. The van der Waals surface area contributed by atoms with Crippen LogP contribution < -0.4 is 5.32 Å². The second-order valence-corrected chi connectivity index (χ2v) is 15.6. The molecule has 0 bridgehead atoms. The molecule has 0 unspecified atom stereocenters. The van der Waals surface area contributed by atoms with Crippen molar-refractivity contribution >= 4 is 0 Å². The van der Waals surface area contributed by atoms with Gasteiger partial charge in [0.15, 0.2) is 0 Å². The molecule has 0 spiro atoms. The van der Waals surface area contributed by atoms with Crippen LogP contribution in [0, 0.1) is 11.8 Å². The largest absolute Gasteiger partial charge is 0.379 e. The van der Waals surface area contributed by atoms with Crippen LogP contribution >= 0.6 is 0 Å². The fourth-order valence-corrected chi connectivity index (χ4v) is 6.28. The van der Waals surface area contributed by atoms with E-state index >= 15 is 0 Å². The van der Waals surface area contributed by atoms with Crippen LogP contribution in [0.15, 0.2) is 0 Å². The van der Waals surface area contributed by atoms with Crippen LogP contribution in [0.1, 0.15) is 128 Å². The molecule has 0 aliphatic carbocycles. The maximum atomic E-state index is 5.21. The van der Waals surface area contributed by atoms with E-state index in [1.165, 1.54) is 104 Å². The minimum absolute atomic E-state index is 0.429. The first-order valence-electron chi connectivity index (χ1n) is 18.6. The smallest absolute Gasteiger partial charge is 0.0594 e. The lowest BCUT2D eigenvalue weighted by Gasteiger charge is -2.42. The summed E-state index contributed by atoms with van der Waals surface area (Å²) in [5.74, 6) is 1.89. The number of likely N-dealkylation sites (tertiary alicyclic amines) is 3. The Hall–Kier alpha value is -0.240. The summed E-state index contributed by atoms with van der Waals surface area (Å²) < 4.78 is 5.21. The van der Waals surface area contributed by atoms with E-state index in [1.54, 1.807) is 0 Å². The van der Waals surface area contributed by atoms with Gasteiger partial charge < -0.3 is 19.9 Å². The first-order chi connectivity index (χ1) is 20.3. The molecule has 0 atom stereocenters. The Bertz CT molecular complexity index is 567. The van der Waals surface area contributed by atoms with Crippen molar-refractivity contribution in [3.63, 3.8) is 0 Å². The normalized spacial score (nSPS) is 23.0. The number of morpholine rings is 1. The van der Waals surface area contributed by atoms with Crippen molar-refractivity contribution in [2.24, 2.45) is 11.8 Å². The number of piperidine rings is 2. The van der Waals surface area contributed by atoms with Gasteiger partial charge in [0.1, 0.15) is 0 Å². The lowest BCUT2D eigenvalue weighted by Crippen LogP contribution is -2.49. The number of rotatable bonds is 4. The molecule has 0 aromatic heterocycles. The van der Waals surface area contributed by atoms with E-state index in [0.717, 1.165) is 50.2 Å². The van der Waals surface area contributed by atoms with Crippen molar-refractivity contribution in [1.29, 1.82) is 0 Å². The fraction of sp³-hybridized carbons (Fsp3) is 1.00. The van der Waals surface area contributed by atoms with Crippen LogP contribution in [0.3, 0.4) is 0 Å². The lowest BCUT2D eigenvalue weighted by molar-refractivity contribution is 0.0238. The van der Waals surface area contributed by atoms with Crippen LogP contribution in [-0.4, -0.2) is 122 Å². The molecular formula is C37H79N5O. The van der Waals surface area contributed by atoms with Gasteiger partial charge >= 0.3 is 0 Å². The predicted octanol–water partition coefficient (Wildman–Crippen LogP) is 7.23. The molecule has 0 aromatic rings. The van der Waals surface area contributed by atoms with E-state index in [1.807, 2.05) is 0 Å². The molecule has 6 nitrogen and oxygen atoms in total. The van der Waals surface area contributed by atoms with Crippen molar-refractivity contribution in [2.45, 2.75) is 151 Å². The molecule has 0 amide bonds. The topological polar surface area (TPSA) is 34.2 Å². The third-order valence-corrected chi connectivity index (χ3v) is 9.90. The van der Waals surface area contributed by atoms with E-state index in [0.29, 0.717) is 11.6 Å². The zero-order valence-corrected chi connectivity index (χ0v) is 31.2. The standard InChI is InChI=1S/2C8H17N.C7H15NO.2C7H15N/c1-7(2)8-3-5-9-6-4-8;1-8(2)9-6-4-3-5-7-9;1-7(2)8-3-5-9-6-4-8;1-7(2,3)8-5-4-6-8;1-7(2)8-5-3-4-6-8/h7-9H,3-6H2,1-2H3;8H,3-7H2,1-2H3;7H,3-6H2,1-2H3;4-6H2,1-3H3;7H,3-6H2,1-2H3. The Labute approximate surface area is 271 Å². The zero-order chi connectivity index (χ0) is 32.3. The Morgan fingerprint density at radius 3 is 1.16 bits per heavy atom. The molecule has 5 aliphatic rings. The second-order valence-electron chi connectivity index (χ2n) is 15.6. The van der Waals surface area contributed by atoms with Crippen molar-refractivity contribution in [3.8, 4) is 0 Å². The second kappa shape index (κ2) is 23.1. The summed E-state index contributed by atoms with van der Waals surface area (Å²) in [7, 11) is 0. The highest BCUT2D eigenvalue weighted by molar-refractivity contribution is 4.82. The Morgan fingerprint density at radius 1 is 0.535 bits per heavy atom. The van der Waals surface area contributed by atoms with Crippen LogP contribution in [0.25, 0.3) is 0 Å². The molecule has 5 heterocycles. The maximum Gasteiger partial charge on any atom is 0.0594 e. The number of ether oxygens (including phenoxy) is 1. The number of hydrogen-bond donors (Lipinski definition) is 1. The Morgan fingerprint density at radius 2 is 0.930 bits per heavy atom. The Kier molecular flexibility index (Phi) is 21.9. The summed E-state index contributed by atoms with van der Waals surface area (Å²) in [5, 5.41) is 3.37. The molecule has 258 valence electrons. The molecule has 6 heteroatoms. The molecule has 43 heavy (non-hydrogen) atoms. The maximum absolute atomic E-state index is 5.21.